The van der Waals surface area contributed by atoms with E-state index in [2.05, 4.69) is 52.1 Å². The molecule has 0 radical (unpaired) electrons. The number of halogens is 1. The molecular weight excluding hydrogens is 332 g/mol. The Balaban J connectivity index is 2.28. The van der Waals surface area contributed by atoms with Gasteiger partial charge in [-0.15, -0.1) is 0 Å². The summed E-state index contributed by atoms with van der Waals surface area (Å²) in [5.41, 5.74) is 1.35. The van der Waals surface area contributed by atoms with Crippen LogP contribution in [0, 0.1) is 0 Å². The molecule has 1 amide bonds. The molecule has 0 aromatic carbocycles. The largest absolute Gasteiger partial charge is 0.305 e. The van der Waals surface area contributed by atoms with Gasteiger partial charge in [0.1, 0.15) is 16.1 Å². The lowest BCUT2D eigenvalue weighted by atomic mass is 9.92. The second kappa shape index (κ2) is 5.97. The van der Waals surface area contributed by atoms with Crippen LogP contribution in [0.15, 0.2) is 28.9 Å². The highest BCUT2D eigenvalue weighted by Crippen LogP contribution is 2.22. The number of aromatic nitrogens is 3. The van der Waals surface area contributed by atoms with Crippen LogP contribution >= 0.6 is 15.9 Å². The van der Waals surface area contributed by atoms with Crippen LogP contribution in [0.3, 0.4) is 0 Å². The van der Waals surface area contributed by atoms with Gasteiger partial charge in [0.05, 0.1) is 5.69 Å². The number of nitrogens with one attached hydrogen (secondary N) is 1. The van der Waals surface area contributed by atoms with Gasteiger partial charge in [-0.2, -0.15) is 5.10 Å². The molecule has 5 nitrogen and oxygen atoms in total. The summed E-state index contributed by atoms with van der Waals surface area (Å²) >= 11 is 3.29. The van der Waals surface area contributed by atoms with E-state index in [1.807, 2.05) is 25.1 Å². The second-order valence-corrected chi connectivity index (χ2v) is 6.59. The monoisotopic (exact) mass is 350 g/mol. The summed E-state index contributed by atoms with van der Waals surface area (Å²) < 4.78 is 2.40. The van der Waals surface area contributed by atoms with Crippen LogP contribution in [0.5, 0.6) is 0 Å². The maximum Gasteiger partial charge on any atom is 0.275 e. The lowest BCUT2D eigenvalue weighted by molar-refractivity contribution is 0.101. The van der Waals surface area contributed by atoms with Crippen molar-refractivity contribution in [1.82, 2.24) is 14.8 Å². The van der Waals surface area contributed by atoms with Gasteiger partial charge < -0.3 is 5.32 Å². The molecule has 0 atom stereocenters. The molecule has 0 aliphatic heterocycles. The molecule has 2 heterocycles. The van der Waals surface area contributed by atoms with Crippen molar-refractivity contribution in [3.63, 3.8) is 0 Å². The van der Waals surface area contributed by atoms with E-state index < -0.39 is 0 Å². The van der Waals surface area contributed by atoms with Crippen LogP contribution < -0.4 is 5.32 Å². The zero-order chi connectivity index (χ0) is 15.6. The van der Waals surface area contributed by atoms with Gasteiger partial charge in [0.15, 0.2) is 0 Å². The zero-order valence-corrected chi connectivity index (χ0v) is 14.2. The van der Waals surface area contributed by atoms with Crippen molar-refractivity contribution < 1.29 is 4.79 Å². The Morgan fingerprint density at radius 3 is 2.67 bits per heavy atom. The first-order valence-corrected chi connectivity index (χ1v) is 7.63. The van der Waals surface area contributed by atoms with E-state index in [0.29, 0.717) is 22.7 Å². The summed E-state index contributed by atoms with van der Waals surface area (Å²) in [5.74, 6) is 0.306. The molecule has 1 N–H and O–H groups in total. The maximum absolute atomic E-state index is 12.4. The number of hydrogen-bond acceptors (Lipinski definition) is 3. The number of hydrogen-bond donors (Lipinski definition) is 1. The molecule has 0 saturated carbocycles. The summed E-state index contributed by atoms with van der Waals surface area (Å²) in [6.45, 7) is 8.84. The van der Waals surface area contributed by atoms with Gasteiger partial charge in [0, 0.05) is 12.0 Å². The highest BCUT2D eigenvalue weighted by Gasteiger charge is 2.22. The standard InChI is InChI=1S/C15H19BrN4O/c1-5-20-10(9-11(19-20)15(2,3)4)14(21)18-13-8-6-7-12(16)17-13/h6-9H,5H2,1-4H3,(H,17,18,21). The van der Waals surface area contributed by atoms with Crippen LogP contribution in [0.25, 0.3) is 0 Å². The molecule has 6 heteroatoms. The van der Waals surface area contributed by atoms with Crippen LogP contribution in [-0.4, -0.2) is 20.7 Å². The molecule has 0 spiro atoms. The Kier molecular flexibility index (Phi) is 4.46. The highest BCUT2D eigenvalue weighted by molar-refractivity contribution is 9.10. The molecule has 0 fully saturated rings. The molecule has 0 bridgehead atoms. The lowest BCUT2D eigenvalue weighted by Crippen LogP contribution is -2.18. The van der Waals surface area contributed by atoms with Gasteiger partial charge >= 0.3 is 0 Å². The molecule has 0 aliphatic carbocycles. The first-order valence-electron chi connectivity index (χ1n) is 6.83. The fourth-order valence-electron chi connectivity index (χ4n) is 1.87. The fraction of sp³-hybridized carbons (Fsp3) is 0.400. The molecule has 112 valence electrons. The number of rotatable bonds is 3. The van der Waals surface area contributed by atoms with Gasteiger partial charge in [-0.25, -0.2) is 4.98 Å². The number of anilines is 1. The number of pyridine rings is 1. The van der Waals surface area contributed by atoms with Gasteiger partial charge in [-0.1, -0.05) is 26.8 Å². The van der Waals surface area contributed by atoms with E-state index in [4.69, 9.17) is 0 Å². The topological polar surface area (TPSA) is 59.8 Å². The van der Waals surface area contributed by atoms with Crippen molar-refractivity contribution in [2.24, 2.45) is 0 Å². The van der Waals surface area contributed by atoms with Gasteiger partial charge in [0.25, 0.3) is 5.91 Å². The minimum atomic E-state index is -0.203. The highest BCUT2D eigenvalue weighted by atomic mass is 79.9. The summed E-state index contributed by atoms with van der Waals surface area (Å²) in [6.07, 6.45) is 0. The first kappa shape index (κ1) is 15.7. The Bertz CT molecular complexity index is 658. The lowest BCUT2D eigenvalue weighted by Gasteiger charge is -2.13. The Morgan fingerprint density at radius 2 is 2.10 bits per heavy atom. The van der Waals surface area contributed by atoms with E-state index in [1.165, 1.54) is 0 Å². The quantitative estimate of drug-likeness (QED) is 0.860. The molecule has 0 unspecified atom stereocenters. The number of carbonyl (C=O) groups is 1. The minimum Gasteiger partial charge on any atom is -0.305 e. The Labute approximate surface area is 132 Å². The summed E-state index contributed by atoms with van der Waals surface area (Å²) in [5, 5.41) is 7.30. The van der Waals surface area contributed by atoms with Gasteiger partial charge in [0.2, 0.25) is 0 Å². The third-order valence-corrected chi connectivity index (χ3v) is 3.48. The smallest absolute Gasteiger partial charge is 0.275 e. The van der Waals surface area contributed by atoms with Gasteiger partial charge in [-0.3, -0.25) is 9.48 Å². The number of aryl methyl sites for hydroxylation is 1. The molecular formula is C15H19BrN4O. The van der Waals surface area contributed by atoms with Crippen LogP contribution in [0.2, 0.25) is 0 Å². The van der Waals surface area contributed by atoms with E-state index in [0.717, 1.165) is 5.69 Å². The van der Waals surface area contributed by atoms with Crippen molar-refractivity contribution in [3.05, 3.63) is 40.3 Å². The van der Waals surface area contributed by atoms with E-state index >= 15 is 0 Å². The average molecular weight is 351 g/mol. The predicted molar refractivity (Wildman–Crippen MR) is 86.5 cm³/mol. The second-order valence-electron chi connectivity index (χ2n) is 5.78. The van der Waals surface area contributed by atoms with Crippen molar-refractivity contribution in [2.45, 2.75) is 39.7 Å². The normalized spacial score (nSPS) is 11.5. The van der Waals surface area contributed by atoms with E-state index in [1.54, 1.807) is 10.7 Å². The first-order chi connectivity index (χ1) is 9.81. The van der Waals surface area contributed by atoms with E-state index in [-0.39, 0.29) is 11.3 Å². The predicted octanol–water partition coefficient (Wildman–Crippen LogP) is 3.61. The van der Waals surface area contributed by atoms with E-state index in [9.17, 15) is 4.79 Å². The van der Waals surface area contributed by atoms with Crippen molar-refractivity contribution in [2.75, 3.05) is 5.32 Å². The summed E-state index contributed by atoms with van der Waals surface area (Å²) in [4.78, 5) is 16.6. The van der Waals surface area contributed by atoms with Crippen molar-refractivity contribution in [3.8, 4) is 0 Å². The fourth-order valence-corrected chi connectivity index (χ4v) is 2.21. The summed E-state index contributed by atoms with van der Waals surface area (Å²) in [6, 6.07) is 7.23. The maximum atomic E-state index is 12.4. The zero-order valence-electron chi connectivity index (χ0n) is 12.6. The molecule has 2 rings (SSSR count). The van der Waals surface area contributed by atoms with Crippen LogP contribution in [0.4, 0.5) is 5.82 Å². The molecule has 0 saturated heterocycles. The van der Waals surface area contributed by atoms with Crippen LogP contribution in [-0.2, 0) is 12.0 Å². The number of nitrogens with zero attached hydrogens (tertiary/aromatic N) is 3. The molecule has 2 aromatic heterocycles. The van der Waals surface area contributed by atoms with Crippen molar-refractivity contribution >= 4 is 27.7 Å². The molecule has 21 heavy (non-hydrogen) atoms. The molecule has 0 aliphatic rings. The SMILES string of the molecule is CCn1nc(C(C)(C)C)cc1C(=O)Nc1cccc(Br)n1. The Morgan fingerprint density at radius 1 is 1.38 bits per heavy atom. The number of carbonyl (C=O) groups excluding carboxylic acids is 1. The third kappa shape index (κ3) is 3.69. The molecule has 2 aromatic rings. The van der Waals surface area contributed by atoms with Crippen molar-refractivity contribution in [1.29, 1.82) is 0 Å². The average Bonchev–Trinajstić information content (AvgIpc) is 2.82. The Hall–Kier alpha value is -1.69. The third-order valence-electron chi connectivity index (χ3n) is 3.04. The minimum absolute atomic E-state index is 0.0938. The number of amides is 1. The van der Waals surface area contributed by atoms with Gasteiger partial charge in [-0.05, 0) is 41.1 Å². The van der Waals surface area contributed by atoms with Crippen LogP contribution in [0.1, 0.15) is 43.9 Å². The summed E-state index contributed by atoms with van der Waals surface area (Å²) in [7, 11) is 0.